The van der Waals surface area contributed by atoms with Gasteiger partial charge in [-0.2, -0.15) is 0 Å². The van der Waals surface area contributed by atoms with Crippen LogP contribution in [0.4, 0.5) is 0 Å². The fraction of sp³-hybridized carbons (Fsp3) is 0.381. The summed E-state index contributed by atoms with van der Waals surface area (Å²) in [6, 6.07) is 7.97. The second kappa shape index (κ2) is 7.98. The number of aromatic nitrogens is 3. The van der Waals surface area contributed by atoms with E-state index in [1.165, 1.54) is 18.2 Å². The summed E-state index contributed by atoms with van der Waals surface area (Å²) in [7, 11) is 0. The molecule has 146 valence electrons. The van der Waals surface area contributed by atoms with Gasteiger partial charge in [0, 0.05) is 45.0 Å². The Morgan fingerprint density at radius 2 is 2.21 bits per heavy atom. The van der Waals surface area contributed by atoms with Gasteiger partial charge < -0.3 is 14.5 Å². The lowest BCUT2D eigenvalue weighted by Crippen LogP contribution is -2.25. The van der Waals surface area contributed by atoms with Gasteiger partial charge in [0.05, 0.1) is 24.1 Å². The maximum atomic E-state index is 11.1. The van der Waals surface area contributed by atoms with E-state index in [0.717, 1.165) is 43.1 Å². The first-order valence-electron chi connectivity index (χ1n) is 9.58. The predicted molar refractivity (Wildman–Crippen MR) is 106 cm³/mol. The molecule has 4 rings (SSSR count). The Labute approximate surface area is 164 Å². The number of nitrogens with one attached hydrogen (secondary N) is 1. The van der Waals surface area contributed by atoms with Gasteiger partial charge >= 0.3 is 0 Å². The van der Waals surface area contributed by atoms with E-state index in [9.17, 15) is 4.79 Å². The summed E-state index contributed by atoms with van der Waals surface area (Å²) in [6.45, 7) is 6.72. The number of hydrogen-bond acceptors (Lipinski definition) is 5. The predicted octanol–water partition coefficient (Wildman–Crippen LogP) is 2.33. The van der Waals surface area contributed by atoms with E-state index < -0.39 is 0 Å². The fourth-order valence-electron chi connectivity index (χ4n) is 3.55. The van der Waals surface area contributed by atoms with Crippen LogP contribution in [-0.2, 0) is 17.9 Å². The number of aryl methyl sites for hydroxylation is 1. The lowest BCUT2D eigenvalue weighted by Gasteiger charge is -2.17. The van der Waals surface area contributed by atoms with E-state index in [2.05, 4.69) is 49.8 Å². The third-order valence-electron chi connectivity index (χ3n) is 4.97. The second-order valence-electron chi connectivity index (χ2n) is 7.34. The van der Waals surface area contributed by atoms with Crippen LogP contribution in [0, 0.1) is 6.92 Å². The van der Waals surface area contributed by atoms with Crippen LogP contribution in [0.25, 0.3) is 5.65 Å². The van der Waals surface area contributed by atoms with Crippen molar-refractivity contribution in [3.63, 3.8) is 0 Å². The molecule has 0 aromatic carbocycles. The van der Waals surface area contributed by atoms with Gasteiger partial charge in [0.2, 0.25) is 5.91 Å². The Hall–Kier alpha value is -2.93. The van der Waals surface area contributed by atoms with Gasteiger partial charge in [-0.3, -0.25) is 14.7 Å². The molecule has 1 unspecified atom stereocenters. The molecule has 3 aromatic rings. The van der Waals surface area contributed by atoms with Crippen LogP contribution in [0.5, 0.6) is 5.75 Å². The third-order valence-corrected chi connectivity index (χ3v) is 4.97. The van der Waals surface area contributed by atoms with Crippen molar-refractivity contribution >= 4 is 11.6 Å². The van der Waals surface area contributed by atoms with Crippen LogP contribution in [0.3, 0.4) is 0 Å². The molecule has 1 fully saturated rings. The first-order valence-corrected chi connectivity index (χ1v) is 9.58. The lowest BCUT2D eigenvalue weighted by atomic mass is 10.3. The number of nitrogens with zero attached hydrogens (tertiary/aromatic N) is 4. The quantitative estimate of drug-likeness (QED) is 0.712. The molecule has 1 amide bonds. The van der Waals surface area contributed by atoms with E-state index in [1.54, 1.807) is 6.20 Å². The molecule has 0 spiro atoms. The summed E-state index contributed by atoms with van der Waals surface area (Å²) in [5.74, 6) is 0.731. The number of likely N-dealkylation sites (tertiary alicyclic amines) is 1. The van der Waals surface area contributed by atoms with E-state index >= 15 is 0 Å². The minimum absolute atomic E-state index is 0.0675. The van der Waals surface area contributed by atoms with Crippen molar-refractivity contribution in [2.45, 2.75) is 39.5 Å². The average molecular weight is 379 g/mol. The van der Waals surface area contributed by atoms with E-state index in [0.29, 0.717) is 6.54 Å². The SMILES string of the molecule is CC(=O)NCc1cc(OC2CCN(Cc3cnc4cc(C)ccn34)C2)ccn1. The molecule has 1 aliphatic rings. The normalized spacial score (nSPS) is 17.1. The van der Waals surface area contributed by atoms with Crippen LogP contribution < -0.4 is 10.1 Å². The standard InChI is InChI=1S/C21H25N5O2/c1-15-4-8-26-18(12-24-21(26)9-15)13-25-7-5-20(14-25)28-19-3-6-22-17(10-19)11-23-16(2)27/h3-4,6,8-10,12,20H,5,7,11,13-14H2,1-2H3,(H,23,27). The summed E-state index contributed by atoms with van der Waals surface area (Å²) in [5, 5.41) is 2.76. The van der Waals surface area contributed by atoms with Gasteiger partial charge in [0.1, 0.15) is 17.5 Å². The van der Waals surface area contributed by atoms with Crippen molar-refractivity contribution in [1.82, 2.24) is 24.6 Å². The molecular formula is C21H25N5O2. The highest BCUT2D eigenvalue weighted by Gasteiger charge is 2.25. The zero-order valence-corrected chi connectivity index (χ0v) is 16.3. The molecule has 0 radical (unpaired) electrons. The molecule has 1 saturated heterocycles. The average Bonchev–Trinajstić information content (AvgIpc) is 3.27. The van der Waals surface area contributed by atoms with Crippen LogP contribution in [0.1, 0.15) is 30.3 Å². The molecule has 4 heterocycles. The Morgan fingerprint density at radius 3 is 3.07 bits per heavy atom. The van der Waals surface area contributed by atoms with E-state index in [-0.39, 0.29) is 12.0 Å². The number of rotatable bonds is 6. The molecular weight excluding hydrogens is 354 g/mol. The van der Waals surface area contributed by atoms with Gasteiger partial charge in [-0.15, -0.1) is 0 Å². The van der Waals surface area contributed by atoms with Gasteiger partial charge in [0.15, 0.2) is 0 Å². The minimum Gasteiger partial charge on any atom is -0.489 e. The van der Waals surface area contributed by atoms with Gasteiger partial charge in [-0.1, -0.05) is 0 Å². The van der Waals surface area contributed by atoms with Crippen molar-refractivity contribution < 1.29 is 9.53 Å². The Bertz CT molecular complexity index is 984. The first-order chi connectivity index (χ1) is 13.6. The number of fused-ring (bicyclic) bond motifs is 1. The van der Waals surface area contributed by atoms with Crippen LogP contribution in [-0.4, -0.2) is 44.4 Å². The van der Waals surface area contributed by atoms with Crippen molar-refractivity contribution in [3.8, 4) is 5.75 Å². The largest absolute Gasteiger partial charge is 0.489 e. The number of carbonyl (C=O) groups is 1. The molecule has 0 saturated carbocycles. The topological polar surface area (TPSA) is 71.8 Å². The minimum atomic E-state index is -0.0675. The molecule has 7 nitrogen and oxygen atoms in total. The fourth-order valence-corrected chi connectivity index (χ4v) is 3.55. The van der Waals surface area contributed by atoms with Crippen molar-refractivity contribution in [2.24, 2.45) is 0 Å². The summed E-state index contributed by atoms with van der Waals surface area (Å²) < 4.78 is 8.31. The first kappa shape index (κ1) is 18.4. The van der Waals surface area contributed by atoms with E-state index in [1.807, 2.05) is 18.3 Å². The zero-order chi connectivity index (χ0) is 19.5. The molecule has 1 atom stereocenters. The van der Waals surface area contributed by atoms with Crippen LogP contribution in [0.15, 0.2) is 42.9 Å². The number of imidazole rings is 1. The Morgan fingerprint density at radius 1 is 1.32 bits per heavy atom. The summed E-state index contributed by atoms with van der Waals surface area (Å²) in [4.78, 5) is 22.2. The molecule has 0 aliphatic carbocycles. The molecule has 1 N–H and O–H groups in total. The second-order valence-corrected chi connectivity index (χ2v) is 7.34. The Kier molecular flexibility index (Phi) is 5.25. The summed E-state index contributed by atoms with van der Waals surface area (Å²) in [5.41, 5.74) is 4.20. The van der Waals surface area contributed by atoms with Gasteiger partial charge in [-0.05, 0) is 37.1 Å². The number of pyridine rings is 2. The Balaban J connectivity index is 1.35. The molecule has 1 aliphatic heterocycles. The molecule has 0 bridgehead atoms. The number of ether oxygens (including phenoxy) is 1. The smallest absolute Gasteiger partial charge is 0.217 e. The molecule has 3 aromatic heterocycles. The highest BCUT2D eigenvalue weighted by atomic mass is 16.5. The van der Waals surface area contributed by atoms with Crippen molar-refractivity contribution in [1.29, 1.82) is 0 Å². The lowest BCUT2D eigenvalue weighted by molar-refractivity contribution is -0.119. The van der Waals surface area contributed by atoms with Crippen LogP contribution >= 0.6 is 0 Å². The number of carbonyl (C=O) groups excluding carboxylic acids is 1. The van der Waals surface area contributed by atoms with Crippen molar-refractivity contribution in [2.75, 3.05) is 13.1 Å². The highest BCUT2D eigenvalue weighted by Crippen LogP contribution is 2.21. The van der Waals surface area contributed by atoms with Gasteiger partial charge in [0.25, 0.3) is 0 Å². The number of hydrogen-bond donors (Lipinski definition) is 1. The van der Waals surface area contributed by atoms with Gasteiger partial charge in [-0.25, -0.2) is 4.98 Å². The summed E-state index contributed by atoms with van der Waals surface area (Å²) >= 11 is 0. The molecule has 7 heteroatoms. The summed E-state index contributed by atoms with van der Waals surface area (Å²) in [6.07, 6.45) is 6.90. The van der Waals surface area contributed by atoms with E-state index in [4.69, 9.17) is 4.74 Å². The monoisotopic (exact) mass is 379 g/mol. The van der Waals surface area contributed by atoms with Crippen molar-refractivity contribution in [3.05, 3.63) is 59.8 Å². The highest BCUT2D eigenvalue weighted by molar-refractivity contribution is 5.72. The van der Waals surface area contributed by atoms with Crippen LogP contribution in [0.2, 0.25) is 0 Å². The third kappa shape index (κ3) is 4.31. The zero-order valence-electron chi connectivity index (χ0n) is 16.3. The maximum Gasteiger partial charge on any atom is 0.217 e. The number of amides is 1. The maximum absolute atomic E-state index is 11.1. The molecule has 28 heavy (non-hydrogen) atoms.